The number of hydrogen-bond donors (Lipinski definition) is 0. The molecule has 21 heavy (non-hydrogen) atoms. The molecule has 114 valence electrons. The molecule has 1 aliphatic rings. The Morgan fingerprint density at radius 2 is 1.95 bits per heavy atom. The van der Waals surface area contributed by atoms with Gasteiger partial charge in [-0.3, -0.25) is 0 Å². The quantitative estimate of drug-likeness (QED) is 0.746. The second kappa shape index (κ2) is 8.05. The smallest absolute Gasteiger partial charge is 0.119 e. The summed E-state index contributed by atoms with van der Waals surface area (Å²) in [6.45, 7) is 4.20. The van der Waals surface area contributed by atoms with Crippen LogP contribution in [0.2, 0.25) is 0 Å². The minimum Gasteiger partial charge on any atom is -0.494 e. The second-order valence-electron chi connectivity index (χ2n) is 6.15. The van der Waals surface area contributed by atoms with Crippen LogP contribution in [0.15, 0.2) is 24.3 Å². The summed E-state index contributed by atoms with van der Waals surface area (Å²) < 4.78 is 5.73. The average Bonchev–Trinajstić information content (AvgIpc) is 2.52. The number of rotatable bonds is 6. The van der Waals surface area contributed by atoms with E-state index >= 15 is 0 Å². The summed E-state index contributed by atoms with van der Waals surface area (Å²) >= 11 is 0. The van der Waals surface area contributed by atoms with Crippen molar-refractivity contribution >= 4 is 0 Å². The van der Waals surface area contributed by atoms with E-state index in [0.29, 0.717) is 5.56 Å². The van der Waals surface area contributed by atoms with Crippen LogP contribution >= 0.6 is 0 Å². The Hall–Kier alpha value is -1.53. The minimum atomic E-state index is 0.674. The van der Waals surface area contributed by atoms with Crippen molar-refractivity contribution in [3.63, 3.8) is 0 Å². The highest BCUT2D eigenvalue weighted by molar-refractivity contribution is 5.34. The standard InChI is InChI=1S/C18H26N2O/c1-15-6-3-4-7-18(15)20(2)12-5-13-21-17-10-8-16(14-19)9-11-17/h8-11,15,18H,3-7,12-13H2,1-2H3. The zero-order valence-corrected chi connectivity index (χ0v) is 13.2. The van der Waals surface area contributed by atoms with Crippen LogP contribution in [-0.4, -0.2) is 31.1 Å². The molecule has 0 saturated heterocycles. The van der Waals surface area contributed by atoms with Crippen LogP contribution in [0.3, 0.4) is 0 Å². The fourth-order valence-corrected chi connectivity index (χ4v) is 3.25. The molecule has 3 heteroatoms. The molecule has 2 atom stereocenters. The van der Waals surface area contributed by atoms with E-state index in [1.165, 1.54) is 25.7 Å². The lowest BCUT2D eigenvalue weighted by molar-refractivity contribution is 0.131. The number of nitrogens with zero attached hydrogens (tertiary/aromatic N) is 2. The van der Waals surface area contributed by atoms with Crippen LogP contribution in [0.4, 0.5) is 0 Å². The van der Waals surface area contributed by atoms with Gasteiger partial charge in [0, 0.05) is 12.6 Å². The van der Waals surface area contributed by atoms with Crippen molar-refractivity contribution in [1.82, 2.24) is 4.90 Å². The van der Waals surface area contributed by atoms with Crippen LogP contribution in [-0.2, 0) is 0 Å². The number of benzene rings is 1. The van der Waals surface area contributed by atoms with Crippen molar-refractivity contribution in [2.75, 3.05) is 20.2 Å². The van der Waals surface area contributed by atoms with Gasteiger partial charge in [-0.15, -0.1) is 0 Å². The topological polar surface area (TPSA) is 36.3 Å². The lowest BCUT2D eigenvalue weighted by Gasteiger charge is -2.36. The van der Waals surface area contributed by atoms with E-state index in [0.717, 1.165) is 37.3 Å². The molecule has 3 nitrogen and oxygen atoms in total. The van der Waals surface area contributed by atoms with Crippen molar-refractivity contribution in [3.05, 3.63) is 29.8 Å². The first-order chi connectivity index (χ1) is 10.2. The lowest BCUT2D eigenvalue weighted by Crippen LogP contribution is -2.39. The predicted octanol–water partition coefficient (Wildman–Crippen LogP) is 3.84. The molecular formula is C18H26N2O. The third-order valence-corrected chi connectivity index (χ3v) is 4.54. The van der Waals surface area contributed by atoms with Gasteiger partial charge in [0.25, 0.3) is 0 Å². The summed E-state index contributed by atoms with van der Waals surface area (Å²) in [5, 5.41) is 8.75. The van der Waals surface area contributed by atoms with E-state index in [1.54, 1.807) is 12.1 Å². The molecule has 1 aromatic carbocycles. The van der Waals surface area contributed by atoms with Gasteiger partial charge >= 0.3 is 0 Å². The Morgan fingerprint density at radius 3 is 2.62 bits per heavy atom. The third kappa shape index (κ3) is 4.75. The zero-order valence-electron chi connectivity index (χ0n) is 13.2. The average molecular weight is 286 g/mol. The molecular weight excluding hydrogens is 260 g/mol. The van der Waals surface area contributed by atoms with Gasteiger partial charge in [-0.1, -0.05) is 19.8 Å². The SMILES string of the molecule is CC1CCCCC1N(C)CCCOc1ccc(C#N)cc1. The van der Waals surface area contributed by atoms with E-state index in [2.05, 4.69) is 24.9 Å². The Kier molecular flexibility index (Phi) is 6.07. The summed E-state index contributed by atoms with van der Waals surface area (Å²) in [5.41, 5.74) is 0.674. The van der Waals surface area contributed by atoms with Crippen LogP contribution in [0.25, 0.3) is 0 Å². The van der Waals surface area contributed by atoms with E-state index in [4.69, 9.17) is 10.00 Å². The molecule has 0 amide bonds. The summed E-state index contributed by atoms with van der Waals surface area (Å²) in [6.07, 6.45) is 6.53. The van der Waals surface area contributed by atoms with Gasteiger partial charge in [-0.2, -0.15) is 5.26 Å². The van der Waals surface area contributed by atoms with Crippen molar-refractivity contribution in [3.8, 4) is 11.8 Å². The molecule has 1 fully saturated rings. The first-order valence-electron chi connectivity index (χ1n) is 8.04. The van der Waals surface area contributed by atoms with Crippen molar-refractivity contribution in [2.45, 2.75) is 45.1 Å². The molecule has 2 unspecified atom stereocenters. The maximum Gasteiger partial charge on any atom is 0.119 e. The van der Waals surface area contributed by atoms with Crippen molar-refractivity contribution in [1.29, 1.82) is 5.26 Å². The maximum atomic E-state index is 8.75. The molecule has 0 aromatic heterocycles. The van der Waals surface area contributed by atoms with E-state index < -0.39 is 0 Å². The molecule has 0 N–H and O–H groups in total. The maximum absolute atomic E-state index is 8.75. The lowest BCUT2D eigenvalue weighted by atomic mass is 9.85. The molecule has 0 spiro atoms. The van der Waals surface area contributed by atoms with Gasteiger partial charge in [0.15, 0.2) is 0 Å². The molecule has 2 rings (SSSR count). The second-order valence-corrected chi connectivity index (χ2v) is 6.15. The molecule has 1 saturated carbocycles. The highest BCUT2D eigenvalue weighted by Gasteiger charge is 2.24. The van der Waals surface area contributed by atoms with Gasteiger partial charge in [-0.05, 0) is 56.5 Å². The van der Waals surface area contributed by atoms with Crippen LogP contribution < -0.4 is 4.74 Å². The Morgan fingerprint density at radius 1 is 1.24 bits per heavy atom. The normalized spacial score (nSPS) is 22.0. The van der Waals surface area contributed by atoms with Gasteiger partial charge < -0.3 is 9.64 Å². The summed E-state index contributed by atoms with van der Waals surface area (Å²) in [7, 11) is 2.24. The predicted molar refractivity (Wildman–Crippen MR) is 85.3 cm³/mol. The fourth-order valence-electron chi connectivity index (χ4n) is 3.25. The van der Waals surface area contributed by atoms with Gasteiger partial charge in [0.2, 0.25) is 0 Å². The van der Waals surface area contributed by atoms with E-state index in [1.807, 2.05) is 12.1 Å². The highest BCUT2D eigenvalue weighted by Crippen LogP contribution is 2.27. The number of ether oxygens (including phenoxy) is 1. The van der Waals surface area contributed by atoms with Crippen molar-refractivity contribution in [2.24, 2.45) is 5.92 Å². The molecule has 0 heterocycles. The van der Waals surface area contributed by atoms with Crippen LogP contribution in [0.1, 0.15) is 44.6 Å². The minimum absolute atomic E-state index is 0.674. The first-order valence-corrected chi connectivity index (χ1v) is 8.04. The fraction of sp³-hybridized carbons (Fsp3) is 0.611. The molecule has 1 aliphatic carbocycles. The number of nitriles is 1. The van der Waals surface area contributed by atoms with E-state index in [9.17, 15) is 0 Å². The summed E-state index contributed by atoms with van der Waals surface area (Å²) in [5.74, 6) is 1.67. The zero-order chi connectivity index (χ0) is 15.1. The highest BCUT2D eigenvalue weighted by atomic mass is 16.5. The Bertz CT molecular complexity index is 463. The van der Waals surface area contributed by atoms with Crippen LogP contribution in [0, 0.1) is 17.2 Å². The first kappa shape index (κ1) is 15.9. The molecule has 0 aliphatic heterocycles. The summed E-state index contributed by atoms with van der Waals surface area (Å²) in [6, 6.07) is 10.2. The molecule has 0 radical (unpaired) electrons. The van der Waals surface area contributed by atoms with Crippen molar-refractivity contribution < 1.29 is 4.74 Å². The van der Waals surface area contributed by atoms with Gasteiger partial charge in [0.1, 0.15) is 5.75 Å². The van der Waals surface area contributed by atoms with Crippen LogP contribution in [0.5, 0.6) is 5.75 Å². The molecule has 1 aromatic rings. The monoisotopic (exact) mass is 286 g/mol. The molecule has 0 bridgehead atoms. The van der Waals surface area contributed by atoms with Gasteiger partial charge in [0.05, 0.1) is 18.2 Å². The Labute approximate surface area is 128 Å². The number of hydrogen-bond acceptors (Lipinski definition) is 3. The van der Waals surface area contributed by atoms with Gasteiger partial charge in [-0.25, -0.2) is 0 Å². The van der Waals surface area contributed by atoms with E-state index in [-0.39, 0.29) is 0 Å². The Balaban J connectivity index is 1.67. The third-order valence-electron chi connectivity index (χ3n) is 4.54. The summed E-state index contributed by atoms with van der Waals surface area (Å²) in [4.78, 5) is 2.51. The largest absolute Gasteiger partial charge is 0.494 e.